The zero-order chi connectivity index (χ0) is 20.4. The van der Waals surface area contributed by atoms with Crippen molar-refractivity contribution in [1.29, 1.82) is 0 Å². The zero-order valence-electron chi connectivity index (χ0n) is 16.1. The highest BCUT2D eigenvalue weighted by Crippen LogP contribution is 2.35. The number of carbonyl (C=O) groups excluding carboxylic acids is 1. The van der Waals surface area contributed by atoms with Gasteiger partial charge >= 0.3 is 5.97 Å². The van der Waals surface area contributed by atoms with E-state index in [9.17, 15) is 14.9 Å². The van der Waals surface area contributed by atoms with Crippen LogP contribution in [-0.4, -0.2) is 44.2 Å². The summed E-state index contributed by atoms with van der Waals surface area (Å²) >= 11 is 6.20. The number of halogens is 1. The van der Waals surface area contributed by atoms with E-state index >= 15 is 0 Å². The summed E-state index contributed by atoms with van der Waals surface area (Å²) in [6.07, 6.45) is 0. The van der Waals surface area contributed by atoms with Crippen LogP contribution in [0.15, 0.2) is 30.3 Å². The minimum absolute atomic E-state index is 0.00589. The number of benzene rings is 2. The molecule has 0 radical (unpaired) electrons. The second-order valence-electron chi connectivity index (χ2n) is 6.83. The Labute approximate surface area is 168 Å². The second kappa shape index (κ2) is 8.06. The standard InChI is InChI=1S/C20H22ClN3O4/c1-13-4-5-14(2)17(10-13)22-6-8-23(9-7-22)18-12-16(21)15(20(25)28-3)11-19(18)24(26)27/h4-5,10-12H,6-9H2,1-3H3. The lowest BCUT2D eigenvalue weighted by Gasteiger charge is -2.38. The SMILES string of the molecule is COC(=O)c1cc([N+](=O)[O-])c(N2CCN(c3cc(C)ccc3C)CC2)cc1Cl. The summed E-state index contributed by atoms with van der Waals surface area (Å²) in [5, 5.41) is 11.7. The highest BCUT2D eigenvalue weighted by atomic mass is 35.5. The molecule has 8 heteroatoms. The van der Waals surface area contributed by atoms with Gasteiger partial charge in [-0.25, -0.2) is 4.79 Å². The van der Waals surface area contributed by atoms with Crippen LogP contribution in [0.4, 0.5) is 17.1 Å². The highest BCUT2D eigenvalue weighted by Gasteiger charge is 2.27. The minimum atomic E-state index is -0.695. The molecule has 2 aromatic rings. The van der Waals surface area contributed by atoms with Crippen LogP contribution in [-0.2, 0) is 4.74 Å². The van der Waals surface area contributed by atoms with E-state index in [4.69, 9.17) is 11.6 Å². The minimum Gasteiger partial charge on any atom is -0.465 e. The molecule has 2 aromatic carbocycles. The third kappa shape index (κ3) is 3.89. The number of rotatable bonds is 4. The van der Waals surface area contributed by atoms with Crippen LogP contribution >= 0.6 is 11.6 Å². The number of carbonyl (C=O) groups is 1. The maximum Gasteiger partial charge on any atom is 0.339 e. The van der Waals surface area contributed by atoms with E-state index in [-0.39, 0.29) is 16.3 Å². The fourth-order valence-electron chi connectivity index (χ4n) is 3.47. The Balaban J connectivity index is 1.85. The van der Waals surface area contributed by atoms with E-state index in [1.807, 2.05) is 4.90 Å². The molecule has 1 saturated heterocycles. The number of esters is 1. The topological polar surface area (TPSA) is 75.9 Å². The zero-order valence-corrected chi connectivity index (χ0v) is 16.8. The van der Waals surface area contributed by atoms with Gasteiger partial charge in [-0.15, -0.1) is 0 Å². The molecule has 0 atom stereocenters. The molecule has 0 saturated carbocycles. The fourth-order valence-corrected chi connectivity index (χ4v) is 3.70. The summed E-state index contributed by atoms with van der Waals surface area (Å²) in [4.78, 5) is 27.1. The van der Waals surface area contributed by atoms with Gasteiger partial charge in [-0.05, 0) is 37.1 Å². The summed E-state index contributed by atoms with van der Waals surface area (Å²) in [5.41, 5.74) is 3.86. The number of nitro benzene ring substituents is 1. The van der Waals surface area contributed by atoms with Crippen molar-refractivity contribution in [2.24, 2.45) is 0 Å². The van der Waals surface area contributed by atoms with Gasteiger partial charge in [0.05, 0.1) is 22.6 Å². The molecule has 0 spiro atoms. The average molecular weight is 404 g/mol. The summed E-state index contributed by atoms with van der Waals surface area (Å²) in [6.45, 7) is 6.84. The van der Waals surface area contributed by atoms with Gasteiger partial charge in [0.1, 0.15) is 5.69 Å². The predicted octanol–water partition coefficient (Wildman–Crippen LogP) is 3.98. The lowest BCUT2D eigenvalue weighted by atomic mass is 10.1. The van der Waals surface area contributed by atoms with Crippen molar-refractivity contribution >= 4 is 34.6 Å². The monoisotopic (exact) mass is 403 g/mol. The number of hydrogen-bond acceptors (Lipinski definition) is 6. The number of ether oxygens (including phenoxy) is 1. The van der Waals surface area contributed by atoms with Crippen molar-refractivity contribution < 1.29 is 14.5 Å². The van der Waals surface area contributed by atoms with E-state index in [1.165, 1.54) is 36.1 Å². The van der Waals surface area contributed by atoms with Gasteiger partial charge in [-0.1, -0.05) is 23.7 Å². The average Bonchev–Trinajstić information content (AvgIpc) is 2.69. The number of nitro groups is 1. The van der Waals surface area contributed by atoms with Crippen molar-refractivity contribution in [3.8, 4) is 0 Å². The van der Waals surface area contributed by atoms with Crippen molar-refractivity contribution in [3.05, 3.63) is 62.2 Å². The maximum absolute atomic E-state index is 11.8. The Bertz CT molecular complexity index is 924. The van der Waals surface area contributed by atoms with E-state index in [0.29, 0.717) is 18.8 Å². The van der Waals surface area contributed by atoms with Crippen LogP contribution in [0, 0.1) is 24.0 Å². The first kappa shape index (κ1) is 19.9. The molecule has 3 rings (SSSR count). The Morgan fingerprint density at radius 3 is 2.25 bits per heavy atom. The molecule has 0 bridgehead atoms. The van der Waals surface area contributed by atoms with E-state index < -0.39 is 10.9 Å². The molecule has 1 heterocycles. The highest BCUT2D eigenvalue weighted by molar-refractivity contribution is 6.34. The summed E-state index contributed by atoms with van der Waals surface area (Å²) < 4.78 is 4.65. The molecule has 0 aliphatic carbocycles. The van der Waals surface area contributed by atoms with Crippen LogP contribution in [0.2, 0.25) is 5.02 Å². The largest absolute Gasteiger partial charge is 0.465 e. The third-order valence-corrected chi connectivity index (χ3v) is 5.30. The van der Waals surface area contributed by atoms with Gasteiger partial charge in [-0.2, -0.15) is 0 Å². The summed E-state index contributed by atoms with van der Waals surface area (Å²) in [6, 6.07) is 9.03. The number of methoxy groups -OCH3 is 1. The number of aryl methyl sites for hydroxylation is 2. The van der Waals surface area contributed by atoms with Crippen LogP contribution in [0.3, 0.4) is 0 Å². The molecule has 7 nitrogen and oxygen atoms in total. The first-order valence-electron chi connectivity index (χ1n) is 8.95. The van der Waals surface area contributed by atoms with E-state index in [2.05, 4.69) is 41.7 Å². The molecule has 0 amide bonds. The molecule has 28 heavy (non-hydrogen) atoms. The number of anilines is 2. The van der Waals surface area contributed by atoms with Gasteiger partial charge in [0.2, 0.25) is 0 Å². The molecule has 0 aromatic heterocycles. The Morgan fingerprint density at radius 1 is 1.07 bits per heavy atom. The summed E-state index contributed by atoms with van der Waals surface area (Å²) in [5.74, 6) is -0.695. The molecular formula is C20H22ClN3O4. The van der Waals surface area contributed by atoms with Crippen molar-refractivity contribution in [2.75, 3.05) is 43.1 Å². The molecule has 1 aliphatic rings. The van der Waals surface area contributed by atoms with Crippen LogP contribution < -0.4 is 9.80 Å². The van der Waals surface area contributed by atoms with Gasteiger partial charge in [0.15, 0.2) is 0 Å². The molecule has 1 fully saturated rings. The quantitative estimate of drug-likeness (QED) is 0.436. The molecule has 148 valence electrons. The van der Waals surface area contributed by atoms with Gasteiger partial charge in [0.25, 0.3) is 5.69 Å². The van der Waals surface area contributed by atoms with E-state index in [0.717, 1.165) is 13.1 Å². The van der Waals surface area contributed by atoms with Gasteiger partial charge in [0, 0.05) is 37.9 Å². The van der Waals surface area contributed by atoms with Crippen LogP contribution in [0.25, 0.3) is 0 Å². The number of piperazine rings is 1. The smallest absolute Gasteiger partial charge is 0.339 e. The first-order chi connectivity index (χ1) is 13.3. The third-order valence-electron chi connectivity index (χ3n) is 4.99. The lowest BCUT2D eigenvalue weighted by Crippen LogP contribution is -2.47. The van der Waals surface area contributed by atoms with Gasteiger partial charge in [-0.3, -0.25) is 10.1 Å². The van der Waals surface area contributed by atoms with Crippen LogP contribution in [0.5, 0.6) is 0 Å². The van der Waals surface area contributed by atoms with E-state index in [1.54, 1.807) is 0 Å². The Kier molecular flexibility index (Phi) is 5.74. The first-order valence-corrected chi connectivity index (χ1v) is 9.33. The van der Waals surface area contributed by atoms with Crippen molar-refractivity contribution in [1.82, 2.24) is 0 Å². The predicted molar refractivity (Wildman–Crippen MR) is 110 cm³/mol. The fraction of sp³-hybridized carbons (Fsp3) is 0.350. The number of nitrogens with zero attached hydrogens (tertiary/aromatic N) is 3. The molecule has 1 aliphatic heterocycles. The normalized spacial score (nSPS) is 14.1. The van der Waals surface area contributed by atoms with Gasteiger partial charge < -0.3 is 14.5 Å². The Hall–Kier alpha value is -2.80. The van der Waals surface area contributed by atoms with Crippen molar-refractivity contribution in [3.63, 3.8) is 0 Å². The second-order valence-corrected chi connectivity index (χ2v) is 7.24. The molecular weight excluding hydrogens is 382 g/mol. The van der Waals surface area contributed by atoms with Crippen molar-refractivity contribution in [2.45, 2.75) is 13.8 Å². The molecule has 0 N–H and O–H groups in total. The Morgan fingerprint density at radius 2 is 1.68 bits per heavy atom. The summed E-state index contributed by atoms with van der Waals surface area (Å²) in [7, 11) is 1.21. The molecule has 0 unspecified atom stereocenters. The lowest BCUT2D eigenvalue weighted by molar-refractivity contribution is -0.384. The number of hydrogen-bond donors (Lipinski definition) is 0. The van der Waals surface area contributed by atoms with Crippen LogP contribution in [0.1, 0.15) is 21.5 Å². The maximum atomic E-state index is 11.8.